The predicted octanol–water partition coefficient (Wildman–Crippen LogP) is 4.50. The zero-order valence-corrected chi connectivity index (χ0v) is 22.6. The maximum atomic E-state index is 12.5. The van der Waals surface area contributed by atoms with Crippen LogP contribution in [0, 0.1) is 5.92 Å². The lowest BCUT2D eigenvalue weighted by molar-refractivity contribution is 0.0971. The smallest absolute Gasteiger partial charge is 0.407 e. The summed E-state index contributed by atoms with van der Waals surface area (Å²) < 4.78 is 25.1. The van der Waals surface area contributed by atoms with Gasteiger partial charge >= 0.3 is 6.09 Å². The average Bonchev–Trinajstić information content (AvgIpc) is 2.85. The largest absolute Gasteiger partial charge is 0.465 e. The molecule has 3 aromatic carbocycles. The van der Waals surface area contributed by atoms with E-state index in [9.17, 15) is 28.2 Å². The van der Waals surface area contributed by atoms with Gasteiger partial charge in [-0.3, -0.25) is 4.79 Å². The fourth-order valence-electron chi connectivity index (χ4n) is 4.21. The van der Waals surface area contributed by atoms with Crippen molar-refractivity contribution in [3.8, 4) is 11.1 Å². The molecule has 8 nitrogen and oxygen atoms in total. The van der Waals surface area contributed by atoms with Crippen LogP contribution in [0.3, 0.4) is 0 Å². The van der Waals surface area contributed by atoms with Crippen LogP contribution >= 0.6 is 0 Å². The van der Waals surface area contributed by atoms with Crippen LogP contribution in [-0.2, 0) is 22.9 Å². The number of rotatable bonds is 11. The van der Waals surface area contributed by atoms with Crippen LogP contribution in [0.15, 0.2) is 72.8 Å². The predicted molar refractivity (Wildman–Crippen MR) is 147 cm³/mol. The van der Waals surface area contributed by atoms with Crippen molar-refractivity contribution < 1.29 is 28.2 Å². The third-order valence-electron chi connectivity index (χ3n) is 6.06. The highest BCUT2D eigenvalue weighted by Crippen LogP contribution is 2.25. The minimum absolute atomic E-state index is 0.0185. The molecule has 0 spiro atoms. The number of nitrogens with one attached hydrogen (secondary N) is 1. The van der Waals surface area contributed by atoms with Crippen molar-refractivity contribution in [2.24, 2.45) is 5.92 Å². The fourth-order valence-corrected chi connectivity index (χ4v) is 4.66. The van der Waals surface area contributed by atoms with Gasteiger partial charge in [-0.15, -0.1) is 0 Å². The average molecular weight is 539 g/mol. The Hall–Kier alpha value is -3.69. The second-order valence-corrected chi connectivity index (χ2v) is 11.5. The van der Waals surface area contributed by atoms with Crippen molar-refractivity contribution in [2.75, 3.05) is 19.3 Å². The summed E-state index contributed by atoms with van der Waals surface area (Å²) >= 11 is 0. The van der Waals surface area contributed by atoms with Gasteiger partial charge in [-0.25, -0.2) is 17.9 Å². The monoisotopic (exact) mass is 538 g/mol. The van der Waals surface area contributed by atoms with Crippen molar-refractivity contribution in [1.29, 1.82) is 0 Å². The third-order valence-corrected chi connectivity index (χ3v) is 6.62. The molecule has 0 saturated heterocycles. The first kappa shape index (κ1) is 28.9. The topological polar surface area (TPSA) is 124 Å². The molecule has 0 bridgehead atoms. The number of amides is 2. The van der Waals surface area contributed by atoms with E-state index in [2.05, 4.69) is 0 Å². The first-order chi connectivity index (χ1) is 17.9. The molecule has 1 atom stereocenters. The fraction of sp³-hybridized carbons (Fsp3) is 0.310. The molecule has 3 aromatic rings. The molecule has 0 fully saturated rings. The Bertz CT molecular complexity index is 1360. The first-order valence-corrected chi connectivity index (χ1v) is 14.3. The van der Waals surface area contributed by atoms with Gasteiger partial charge in [0.25, 0.3) is 5.91 Å². The standard InChI is InChI=1S/C29H34N2O6S/c1-20(2)17-25-18-24(13-14-26(25)28(33)30-38(3,36)37)22-11-9-21(10-12-22)15-16-31(29(34)35)19-27(32)23-7-5-4-6-8-23/h4-14,18,20,27,32H,15-17,19H2,1-3H3,(H,30,33)(H,34,35)/t27-/m0/s1. The van der Waals surface area contributed by atoms with E-state index in [-0.39, 0.29) is 19.0 Å². The van der Waals surface area contributed by atoms with E-state index < -0.39 is 28.1 Å². The molecule has 0 unspecified atom stereocenters. The molecule has 3 N–H and O–H groups in total. The van der Waals surface area contributed by atoms with E-state index in [0.717, 1.165) is 28.5 Å². The SMILES string of the molecule is CC(C)Cc1cc(-c2ccc(CCN(C[C@H](O)c3ccccc3)C(=O)O)cc2)ccc1C(=O)NS(C)(=O)=O. The number of carbonyl (C=O) groups is 2. The number of aliphatic hydroxyl groups is 1. The van der Waals surface area contributed by atoms with Crippen LogP contribution in [-0.4, -0.2) is 54.9 Å². The lowest BCUT2D eigenvalue weighted by Crippen LogP contribution is -2.35. The summed E-state index contributed by atoms with van der Waals surface area (Å²) in [5, 5.41) is 20.0. The van der Waals surface area contributed by atoms with Crippen LogP contribution in [0.5, 0.6) is 0 Å². The Morgan fingerprint density at radius 1 is 0.947 bits per heavy atom. The van der Waals surface area contributed by atoms with Crippen molar-refractivity contribution in [2.45, 2.75) is 32.8 Å². The van der Waals surface area contributed by atoms with Gasteiger partial charge in [0.1, 0.15) is 0 Å². The molecular weight excluding hydrogens is 504 g/mol. The zero-order chi connectivity index (χ0) is 27.9. The summed E-state index contributed by atoms with van der Waals surface area (Å²) in [5.41, 5.74) is 4.51. The van der Waals surface area contributed by atoms with Crippen LogP contribution in [0.2, 0.25) is 0 Å². The van der Waals surface area contributed by atoms with Crippen LogP contribution < -0.4 is 4.72 Å². The maximum absolute atomic E-state index is 12.5. The van der Waals surface area contributed by atoms with Gasteiger partial charge in [-0.05, 0) is 52.6 Å². The number of hydrogen-bond acceptors (Lipinski definition) is 5. The normalized spacial score (nSPS) is 12.2. The van der Waals surface area contributed by atoms with Gasteiger partial charge in [0, 0.05) is 12.1 Å². The second-order valence-electron chi connectivity index (χ2n) is 9.78. The summed E-state index contributed by atoms with van der Waals surface area (Å²) in [6.07, 6.45) is 0.0473. The Morgan fingerprint density at radius 3 is 2.16 bits per heavy atom. The number of carbonyl (C=O) groups excluding carboxylic acids is 1. The van der Waals surface area contributed by atoms with Gasteiger partial charge in [0.05, 0.1) is 18.9 Å². The highest BCUT2D eigenvalue weighted by molar-refractivity contribution is 7.89. The molecule has 0 heterocycles. The number of hydrogen-bond donors (Lipinski definition) is 3. The van der Waals surface area contributed by atoms with Crippen molar-refractivity contribution in [3.63, 3.8) is 0 Å². The summed E-state index contributed by atoms with van der Waals surface area (Å²) in [6, 6.07) is 22.0. The van der Waals surface area contributed by atoms with Gasteiger partial charge in [0.15, 0.2) is 0 Å². The van der Waals surface area contributed by atoms with Crippen LogP contribution in [0.25, 0.3) is 11.1 Å². The molecule has 3 rings (SSSR count). The number of benzene rings is 3. The van der Waals surface area contributed by atoms with E-state index in [1.165, 1.54) is 4.90 Å². The molecule has 2 amide bonds. The quantitative estimate of drug-likeness (QED) is 0.330. The van der Waals surface area contributed by atoms with E-state index >= 15 is 0 Å². The molecule has 38 heavy (non-hydrogen) atoms. The van der Waals surface area contributed by atoms with Gasteiger partial charge in [-0.2, -0.15) is 0 Å². The van der Waals surface area contributed by atoms with Crippen molar-refractivity contribution in [3.05, 3.63) is 95.1 Å². The molecule has 0 aromatic heterocycles. The summed E-state index contributed by atoms with van der Waals surface area (Å²) in [5.74, 6) is -0.389. The molecule has 9 heteroatoms. The molecule has 0 radical (unpaired) electrons. The lowest BCUT2D eigenvalue weighted by atomic mass is 9.93. The summed E-state index contributed by atoms with van der Waals surface area (Å²) in [7, 11) is -3.68. The molecule has 0 saturated carbocycles. The number of nitrogens with zero attached hydrogens (tertiary/aromatic N) is 1. The van der Waals surface area contributed by atoms with Gasteiger partial charge in [-0.1, -0.05) is 80.6 Å². The van der Waals surface area contributed by atoms with E-state index in [1.54, 1.807) is 36.4 Å². The molecule has 202 valence electrons. The Morgan fingerprint density at radius 2 is 1.58 bits per heavy atom. The van der Waals surface area contributed by atoms with Crippen LogP contribution in [0.1, 0.15) is 47.0 Å². The lowest BCUT2D eigenvalue weighted by Gasteiger charge is -2.22. The van der Waals surface area contributed by atoms with Crippen LogP contribution in [0.4, 0.5) is 4.79 Å². The number of sulfonamides is 1. The summed E-state index contributed by atoms with van der Waals surface area (Å²) in [4.78, 5) is 25.5. The zero-order valence-electron chi connectivity index (χ0n) is 21.8. The highest BCUT2D eigenvalue weighted by atomic mass is 32.2. The molecular formula is C29H34N2O6S. The molecule has 0 aliphatic rings. The van der Waals surface area contributed by atoms with Gasteiger partial charge in [0.2, 0.25) is 10.0 Å². The highest BCUT2D eigenvalue weighted by Gasteiger charge is 2.19. The van der Waals surface area contributed by atoms with Crippen molar-refractivity contribution >= 4 is 22.0 Å². The Balaban J connectivity index is 1.72. The molecule has 0 aliphatic heterocycles. The maximum Gasteiger partial charge on any atom is 0.407 e. The van der Waals surface area contributed by atoms with E-state index in [0.29, 0.717) is 24.0 Å². The van der Waals surface area contributed by atoms with E-state index in [4.69, 9.17) is 0 Å². The Kier molecular flexibility index (Phi) is 9.66. The third kappa shape index (κ3) is 8.43. The first-order valence-electron chi connectivity index (χ1n) is 12.4. The van der Waals surface area contributed by atoms with Crippen molar-refractivity contribution in [1.82, 2.24) is 9.62 Å². The Labute approximate surface area is 224 Å². The number of aliphatic hydroxyl groups excluding tert-OH is 1. The minimum atomic E-state index is -3.68. The minimum Gasteiger partial charge on any atom is -0.465 e. The van der Waals surface area contributed by atoms with E-state index in [1.807, 2.05) is 55.0 Å². The number of carboxylic acid groups (broad SMARTS) is 1. The molecule has 0 aliphatic carbocycles. The summed E-state index contributed by atoms with van der Waals surface area (Å²) in [6.45, 7) is 4.27. The van der Waals surface area contributed by atoms with Gasteiger partial charge < -0.3 is 15.1 Å². The second kappa shape index (κ2) is 12.7.